The van der Waals surface area contributed by atoms with Crippen LogP contribution in [0.25, 0.3) is 0 Å². The predicted molar refractivity (Wildman–Crippen MR) is 66.8 cm³/mol. The fraction of sp³-hybridized carbons (Fsp3) is 0.500. The van der Waals surface area contributed by atoms with Crippen LogP contribution in [0.4, 0.5) is 11.4 Å². The van der Waals surface area contributed by atoms with Gasteiger partial charge in [-0.05, 0) is 24.6 Å². The van der Waals surface area contributed by atoms with E-state index >= 15 is 0 Å². The average Bonchev–Trinajstić information content (AvgIpc) is 2.28. The van der Waals surface area contributed by atoms with Crippen LogP contribution < -0.4 is 11.1 Å². The lowest BCUT2D eigenvalue weighted by Gasteiger charge is -2.08. The zero-order valence-electron chi connectivity index (χ0n) is 9.95. The third-order valence-corrected chi connectivity index (χ3v) is 2.29. The highest BCUT2D eigenvalue weighted by Gasteiger charge is 1.96. The van der Waals surface area contributed by atoms with Gasteiger partial charge in [0, 0.05) is 25.0 Å². The van der Waals surface area contributed by atoms with E-state index < -0.39 is 0 Å². The van der Waals surface area contributed by atoms with E-state index in [0.29, 0.717) is 19.8 Å². The Kier molecular flexibility index (Phi) is 5.67. The van der Waals surface area contributed by atoms with E-state index in [1.807, 2.05) is 25.1 Å². The van der Waals surface area contributed by atoms with Gasteiger partial charge < -0.3 is 20.5 Å². The molecule has 0 saturated heterocycles. The van der Waals surface area contributed by atoms with Gasteiger partial charge in [0.05, 0.1) is 19.8 Å². The van der Waals surface area contributed by atoms with Crippen LogP contribution in [0, 0.1) is 6.92 Å². The molecule has 90 valence electrons. The Hall–Kier alpha value is -1.26. The van der Waals surface area contributed by atoms with Gasteiger partial charge in [-0.15, -0.1) is 0 Å². The molecule has 1 rings (SSSR count). The standard InChI is InChI=1S/C12H20N2O2/c1-10-3-4-11(9-12(10)13)14-5-6-16-8-7-15-2/h3-4,9,14H,5-8,13H2,1-2H3. The van der Waals surface area contributed by atoms with Crippen LogP contribution in [0.3, 0.4) is 0 Å². The van der Waals surface area contributed by atoms with E-state index in [0.717, 1.165) is 23.5 Å². The highest BCUT2D eigenvalue weighted by molar-refractivity contribution is 5.58. The Morgan fingerprint density at radius 2 is 2.06 bits per heavy atom. The van der Waals surface area contributed by atoms with Crippen molar-refractivity contribution in [1.29, 1.82) is 0 Å². The van der Waals surface area contributed by atoms with E-state index in [4.69, 9.17) is 15.2 Å². The van der Waals surface area contributed by atoms with Crippen molar-refractivity contribution in [1.82, 2.24) is 0 Å². The number of hydrogen-bond acceptors (Lipinski definition) is 4. The fourth-order valence-electron chi connectivity index (χ4n) is 1.26. The summed E-state index contributed by atoms with van der Waals surface area (Å²) >= 11 is 0. The first kappa shape index (κ1) is 12.8. The van der Waals surface area contributed by atoms with Crippen LogP contribution in [0.5, 0.6) is 0 Å². The number of nitrogens with one attached hydrogen (secondary N) is 1. The minimum atomic E-state index is 0.633. The topological polar surface area (TPSA) is 56.5 Å². The summed E-state index contributed by atoms with van der Waals surface area (Å²) in [5.41, 5.74) is 8.74. The fourth-order valence-corrected chi connectivity index (χ4v) is 1.26. The zero-order chi connectivity index (χ0) is 11.8. The molecule has 4 nitrogen and oxygen atoms in total. The lowest BCUT2D eigenvalue weighted by Crippen LogP contribution is -2.12. The van der Waals surface area contributed by atoms with E-state index in [1.54, 1.807) is 7.11 Å². The highest BCUT2D eigenvalue weighted by Crippen LogP contribution is 2.16. The molecule has 0 aliphatic heterocycles. The Labute approximate surface area is 96.7 Å². The summed E-state index contributed by atoms with van der Waals surface area (Å²) in [5, 5.41) is 3.24. The van der Waals surface area contributed by atoms with Gasteiger partial charge in [0.1, 0.15) is 0 Å². The number of benzene rings is 1. The van der Waals surface area contributed by atoms with Crippen molar-refractivity contribution in [2.45, 2.75) is 6.92 Å². The van der Waals surface area contributed by atoms with Gasteiger partial charge in [-0.3, -0.25) is 0 Å². The highest BCUT2D eigenvalue weighted by atomic mass is 16.5. The molecular weight excluding hydrogens is 204 g/mol. The molecule has 3 N–H and O–H groups in total. The molecule has 0 amide bonds. The average molecular weight is 224 g/mol. The molecule has 0 aliphatic carbocycles. The number of methoxy groups -OCH3 is 1. The van der Waals surface area contributed by atoms with Crippen molar-refractivity contribution >= 4 is 11.4 Å². The molecular formula is C12H20N2O2. The molecule has 0 spiro atoms. The van der Waals surface area contributed by atoms with Crippen LogP contribution in [0.1, 0.15) is 5.56 Å². The molecule has 0 radical (unpaired) electrons. The van der Waals surface area contributed by atoms with E-state index in [2.05, 4.69) is 5.32 Å². The summed E-state index contributed by atoms with van der Waals surface area (Å²) in [6, 6.07) is 5.95. The molecule has 0 atom stereocenters. The summed E-state index contributed by atoms with van der Waals surface area (Å²) in [5.74, 6) is 0. The maximum atomic E-state index is 5.80. The Balaban J connectivity index is 2.19. The first-order valence-electron chi connectivity index (χ1n) is 5.40. The second kappa shape index (κ2) is 7.09. The van der Waals surface area contributed by atoms with E-state index in [-0.39, 0.29) is 0 Å². The molecule has 0 aromatic heterocycles. The first-order valence-corrected chi connectivity index (χ1v) is 5.40. The largest absolute Gasteiger partial charge is 0.398 e. The monoisotopic (exact) mass is 224 g/mol. The lowest BCUT2D eigenvalue weighted by atomic mass is 10.2. The molecule has 16 heavy (non-hydrogen) atoms. The molecule has 0 fully saturated rings. The normalized spacial score (nSPS) is 10.4. The van der Waals surface area contributed by atoms with Crippen LogP contribution in [-0.2, 0) is 9.47 Å². The smallest absolute Gasteiger partial charge is 0.0701 e. The Morgan fingerprint density at radius 1 is 1.25 bits per heavy atom. The number of hydrogen-bond donors (Lipinski definition) is 2. The second-order valence-corrected chi connectivity index (χ2v) is 3.60. The molecule has 0 bridgehead atoms. The maximum absolute atomic E-state index is 5.80. The van der Waals surface area contributed by atoms with Crippen LogP contribution in [0.2, 0.25) is 0 Å². The number of anilines is 2. The number of ether oxygens (including phenoxy) is 2. The Bertz CT molecular complexity index is 316. The maximum Gasteiger partial charge on any atom is 0.0701 e. The zero-order valence-corrected chi connectivity index (χ0v) is 9.95. The van der Waals surface area contributed by atoms with Crippen molar-refractivity contribution in [2.24, 2.45) is 0 Å². The molecule has 0 unspecified atom stereocenters. The van der Waals surface area contributed by atoms with E-state index in [9.17, 15) is 0 Å². The van der Waals surface area contributed by atoms with Crippen molar-refractivity contribution < 1.29 is 9.47 Å². The molecule has 0 saturated carbocycles. The van der Waals surface area contributed by atoms with Gasteiger partial charge in [0.25, 0.3) is 0 Å². The van der Waals surface area contributed by atoms with Crippen molar-refractivity contribution in [3.05, 3.63) is 23.8 Å². The van der Waals surface area contributed by atoms with Gasteiger partial charge in [-0.2, -0.15) is 0 Å². The Morgan fingerprint density at radius 3 is 2.75 bits per heavy atom. The summed E-state index contributed by atoms with van der Waals surface area (Å²) in [7, 11) is 1.66. The number of rotatable bonds is 7. The van der Waals surface area contributed by atoms with Gasteiger partial charge in [-0.1, -0.05) is 6.07 Å². The van der Waals surface area contributed by atoms with Crippen LogP contribution in [-0.4, -0.2) is 33.5 Å². The molecule has 1 aromatic carbocycles. The number of nitrogens with two attached hydrogens (primary N) is 1. The van der Waals surface area contributed by atoms with Crippen molar-refractivity contribution in [2.75, 3.05) is 44.5 Å². The minimum Gasteiger partial charge on any atom is -0.398 e. The third kappa shape index (κ3) is 4.51. The van der Waals surface area contributed by atoms with Gasteiger partial charge in [-0.25, -0.2) is 0 Å². The number of aryl methyl sites for hydroxylation is 1. The SMILES string of the molecule is COCCOCCNc1ccc(C)c(N)c1. The first-order chi connectivity index (χ1) is 7.74. The van der Waals surface area contributed by atoms with Gasteiger partial charge in [0.15, 0.2) is 0 Å². The van der Waals surface area contributed by atoms with Crippen LogP contribution >= 0.6 is 0 Å². The molecule has 1 aromatic rings. The third-order valence-electron chi connectivity index (χ3n) is 2.29. The van der Waals surface area contributed by atoms with E-state index in [1.165, 1.54) is 0 Å². The van der Waals surface area contributed by atoms with Crippen molar-refractivity contribution in [3.63, 3.8) is 0 Å². The molecule has 0 aliphatic rings. The van der Waals surface area contributed by atoms with Crippen molar-refractivity contribution in [3.8, 4) is 0 Å². The molecule has 0 heterocycles. The number of nitrogen functional groups attached to an aromatic ring is 1. The predicted octanol–water partition coefficient (Wildman–Crippen LogP) is 1.65. The summed E-state index contributed by atoms with van der Waals surface area (Å²) in [6.07, 6.45) is 0. The summed E-state index contributed by atoms with van der Waals surface area (Å²) in [4.78, 5) is 0. The minimum absolute atomic E-state index is 0.633. The second-order valence-electron chi connectivity index (χ2n) is 3.60. The lowest BCUT2D eigenvalue weighted by molar-refractivity contribution is 0.0759. The van der Waals surface area contributed by atoms with Gasteiger partial charge in [0.2, 0.25) is 0 Å². The molecule has 4 heteroatoms. The summed E-state index contributed by atoms with van der Waals surface area (Å²) < 4.78 is 10.2. The summed E-state index contributed by atoms with van der Waals surface area (Å²) in [6.45, 7) is 4.70. The quantitative estimate of drug-likeness (QED) is 0.546. The van der Waals surface area contributed by atoms with Crippen LogP contribution in [0.15, 0.2) is 18.2 Å². The van der Waals surface area contributed by atoms with Gasteiger partial charge >= 0.3 is 0 Å².